The van der Waals surface area contributed by atoms with Gasteiger partial charge in [0.05, 0.1) is 6.42 Å². The number of piperidine rings is 1. The van der Waals surface area contributed by atoms with Crippen LogP contribution >= 0.6 is 22.9 Å². The molecule has 1 aliphatic heterocycles. The second-order valence-corrected chi connectivity index (χ2v) is 10.4. The zero-order chi connectivity index (χ0) is 19.3. The van der Waals surface area contributed by atoms with Gasteiger partial charge in [-0.25, -0.2) is 8.42 Å². The molecule has 0 spiro atoms. The largest absolute Gasteiger partial charge is 0.355 e. The van der Waals surface area contributed by atoms with Crippen molar-refractivity contribution in [1.29, 1.82) is 0 Å². The van der Waals surface area contributed by atoms with Crippen molar-refractivity contribution >= 4 is 38.9 Å². The first kappa shape index (κ1) is 20.3. The van der Waals surface area contributed by atoms with Gasteiger partial charge in [0.2, 0.25) is 5.91 Å². The molecule has 5 nitrogen and oxygen atoms in total. The average molecular weight is 427 g/mol. The Morgan fingerprint density at radius 2 is 1.78 bits per heavy atom. The third-order valence-electron chi connectivity index (χ3n) is 4.53. The molecule has 0 aliphatic carbocycles. The van der Waals surface area contributed by atoms with Gasteiger partial charge in [0, 0.05) is 29.5 Å². The maximum atomic E-state index is 12.7. The van der Waals surface area contributed by atoms with Crippen LogP contribution in [0.1, 0.15) is 29.7 Å². The normalized spacial score (nSPS) is 15.6. The average Bonchev–Trinajstić information content (AvgIpc) is 3.13. The zero-order valence-electron chi connectivity index (χ0n) is 15.0. The molecular formula is C19H23ClN2O3S2. The fourth-order valence-corrected chi connectivity index (χ4v) is 6.19. The number of carbonyl (C=O) groups is 1. The third-order valence-corrected chi connectivity index (χ3v) is 8.23. The van der Waals surface area contributed by atoms with Crippen molar-refractivity contribution < 1.29 is 13.2 Å². The number of nitrogens with zero attached hydrogens (tertiary/aromatic N) is 1. The van der Waals surface area contributed by atoms with Crippen molar-refractivity contribution in [2.45, 2.75) is 36.3 Å². The standard InChI is InChI=1S/C19H23ClN2O3S2/c20-16-6-4-15(5-7-16)10-11-21-18(23)14-17-8-9-19(26-17)27(24,25)22-12-2-1-3-13-22/h4-9H,1-3,10-14H2,(H,21,23). The first-order valence-corrected chi connectivity index (χ1v) is 11.7. The second-order valence-electron chi connectivity index (χ2n) is 6.59. The predicted octanol–water partition coefficient (Wildman–Crippen LogP) is 3.48. The molecule has 8 heteroatoms. The van der Waals surface area contributed by atoms with E-state index in [1.807, 2.05) is 24.3 Å². The van der Waals surface area contributed by atoms with Crippen molar-refractivity contribution in [2.24, 2.45) is 0 Å². The molecule has 0 unspecified atom stereocenters. The Balaban J connectivity index is 1.50. The number of rotatable bonds is 7. The molecule has 2 heterocycles. The van der Waals surface area contributed by atoms with Crippen LogP contribution in [-0.4, -0.2) is 38.3 Å². The summed E-state index contributed by atoms with van der Waals surface area (Å²) in [5.74, 6) is -0.104. The maximum absolute atomic E-state index is 12.7. The van der Waals surface area contributed by atoms with Gasteiger partial charge in [0.1, 0.15) is 4.21 Å². The first-order valence-electron chi connectivity index (χ1n) is 9.05. The highest BCUT2D eigenvalue weighted by atomic mass is 35.5. The molecule has 1 aliphatic rings. The van der Waals surface area contributed by atoms with Crippen molar-refractivity contribution in [2.75, 3.05) is 19.6 Å². The summed E-state index contributed by atoms with van der Waals surface area (Å²) >= 11 is 7.04. The van der Waals surface area contributed by atoms with Gasteiger partial charge in [-0.2, -0.15) is 4.31 Å². The van der Waals surface area contributed by atoms with Crippen LogP contribution in [0.25, 0.3) is 0 Å². The van der Waals surface area contributed by atoms with E-state index in [1.54, 1.807) is 16.4 Å². The van der Waals surface area contributed by atoms with Crippen molar-refractivity contribution in [3.05, 3.63) is 51.9 Å². The molecule has 146 valence electrons. The Morgan fingerprint density at radius 1 is 1.07 bits per heavy atom. The Bertz CT molecular complexity index is 873. The smallest absolute Gasteiger partial charge is 0.252 e. The lowest BCUT2D eigenvalue weighted by Gasteiger charge is -2.25. The summed E-state index contributed by atoms with van der Waals surface area (Å²) in [6.07, 6.45) is 3.82. The van der Waals surface area contributed by atoms with E-state index in [0.29, 0.717) is 28.9 Å². The fourth-order valence-electron chi connectivity index (χ4n) is 3.04. The number of thiophene rings is 1. The fraction of sp³-hybridized carbons (Fsp3) is 0.421. The summed E-state index contributed by atoms with van der Waals surface area (Å²) in [5, 5.41) is 3.57. The van der Waals surface area contributed by atoms with Gasteiger partial charge in [0.15, 0.2) is 0 Å². The van der Waals surface area contributed by atoms with Gasteiger partial charge >= 0.3 is 0 Å². The van der Waals surface area contributed by atoms with E-state index in [-0.39, 0.29) is 12.3 Å². The van der Waals surface area contributed by atoms with Crippen LogP contribution in [0.15, 0.2) is 40.6 Å². The Labute approximate surface area is 169 Å². The number of nitrogens with one attached hydrogen (secondary N) is 1. The zero-order valence-corrected chi connectivity index (χ0v) is 17.4. The van der Waals surface area contributed by atoms with Crippen LogP contribution < -0.4 is 5.32 Å². The summed E-state index contributed by atoms with van der Waals surface area (Å²) in [4.78, 5) is 12.9. The molecule has 0 bridgehead atoms. The minimum atomic E-state index is -3.42. The van der Waals surface area contributed by atoms with E-state index in [9.17, 15) is 13.2 Å². The second kappa shape index (κ2) is 9.19. The molecule has 0 atom stereocenters. The van der Waals surface area contributed by atoms with Crippen LogP contribution in [-0.2, 0) is 27.7 Å². The number of hydrogen-bond acceptors (Lipinski definition) is 4. The minimum absolute atomic E-state index is 0.104. The van der Waals surface area contributed by atoms with E-state index in [4.69, 9.17) is 11.6 Å². The van der Waals surface area contributed by atoms with Crippen LogP contribution in [0, 0.1) is 0 Å². The monoisotopic (exact) mass is 426 g/mol. The number of hydrogen-bond donors (Lipinski definition) is 1. The highest BCUT2D eigenvalue weighted by Gasteiger charge is 2.27. The number of carbonyl (C=O) groups excluding carboxylic acids is 1. The van der Waals surface area contributed by atoms with E-state index >= 15 is 0 Å². The summed E-state index contributed by atoms with van der Waals surface area (Å²) in [7, 11) is -3.42. The molecule has 3 rings (SSSR count). The lowest BCUT2D eigenvalue weighted by Crippen LogP contribution is -2.35. The number of benzene rings is 1. The van der Waals surface area contributed by atoms with Gasteiger partial charge < -0.3 is 5.32 Å². The Kier molecular flexibility index (Phi) is 6.92. The summed E-state index contributed by atoms with van der Waals surface area (Å²) in [6, 6.07) is 10.9. The van der Waals surface area contributed by atoms with E-state index in [2.05, 4.69) is 5.32 Å². The number of amides is 1. The SMILES string of the molecule is O=C(Cc1ccc(S(=O)(=O)N2CCCCC2)s1)NCCc1ccc(Cl)cc1. The molecule has 1 saturated heterocycles. The molecule has 0 saturated carbocycles. The molecule has 1 aromatic heterocycles. The van der Waals surface area contributed by atoms with Gasteiger partial charge in [-0.05, 0) is 49.1 Å². The van der Waals surface area contributed by atoms with Gasteiger partial charge in [-0.3, -0.25) is 4.79 Å². The third kappa shape index (κ3) is 5.54. The molecule has 1 N–H and O–H groups in total. The van der Waals surface area contributed by atoms with E-state index in [1.165, 1.54) is 11.3 Å². The number of sulfonamides is 1. The summed E-state index contributed by atoms with van der Waals surface area (Å²) < 4.78 is 27.2. The molecule has 1 aromatic carbocycles. The topological polar surface area (TPSA) is 66.5 Å². The van der Waals surface area contributed by atoms with Gasteiger partial charge in [0.25, 0.3) is 10.0 Å². The molecule has 1 amide bonds. The van der Waals surface area contributed by atoms with Crippen LogP contribution in [0.5, 0.6) is 0 Å². The molecule has 1 fully saturated rings. The quantitative estimate of drug-likeness (QED) is 0.737. The molecule has 27 heavy (non-hydrogen) atoms. The Morgan fingerprint density at radius 3 is 2.48 bits per heavy atom. The van der Waals surface area contributed by atoms with Crippen LogP contribution in [0.2, 0.25) is 5.02 Å². The first-order chi connectivity index (χ1) is 12.9. The molecular weight excluding hydrogens is 404 g/mol. The highest BCUT2D eigenvalue weighted by molar-refractivity contribution is 7.91. The lowest BCUT2D eigenvalue weighted by atomic mass is 10.1. The lowest BCUT2D eigenvalue weighted by molar-refractivity contribution is -0.120. The van der Waals surface area contributed by atoms with E-state index < -0.39 is 10.0 Å². The van der Waals surface area contributed by atoms with E-state index in [0.717, 1.165) is 36.1 Å². The number of halogens is 1. The summed E-state index contributed by atoms with van der Waals surface area (Å²) in [6.45, 7) is 1.70. The van der Waals surface area contributed by atoms with Crippen molar-refractivity contribution in [1.82, 2.24) is 9.62 Å². The maximum Gasteiger partial charge on any atom is 0.252 e. The van der Waals surface area contributed by atoms with Crippen LogP contribution in [0.3, 0.4) is 0 Å². The van der Waals surface area contributed by atoms with Gasteiger partial charge in [-0.15, -0.1) is 11.3 Å². The predicted molar refractivity (Wildman–Crippen MR) is 109 cm³/mol. The van der Waals surface area contributed by atoms with Crippen molar-refractivity contribution in [3.8, 4) is 0 Å². The van der Waals surface area contributed by atoms with Crippen molar-refractivity contribution in [3.63, 3.8) is 0 Å². The highest BCUT2D eigenvalue weighted by Crippen LogP contribution is 2.27. The molecule has 2 aromatic rings. The molecule has 0 radical (unpaired) electrons. The Hall–Kier alpha value is -1.41. The van der Waals surface area contributed by atoms with Gasteiger partial charge in [-0.1, -0.05) is 30.2 Å². The van der Waals surface area contributed by atoms with Crippen LogP contribution in [0.4, 0.5) is 0 Å². The minimum Gasteiger partial charge on any atom is -0.355 e. The summed E-state index contributed by atoms with van der Waals surface area (Å²) in [5.41, 5.74) is 1.10.